The van der Waals surface area contributed by atoms with Crippen molar-refractivity contribution >= 4 is 58.8 Å². The largest absolute Gasteiger partial charge is 0.255 e. The zero-order valence-electron chi connectivity index (χ0n) is 48.3. The van der Waals surface area contributed by atoms with Crippen LogP contribution in [-0.2, 0) is 0 Å². The molecule has 0 radical (unpaired) electrons. The predicted octanol–water partition coefficient (Wildman–Crippen LogP) is 16.8. The summed E-state index contributed by atoms with van der Waals surface area (Å²) < 4.78 is 0. The maximum atomic E-state index is 5.27. The molecule has 0 amide bonds. The first kappa shape index (κ1) is 59.8. The smallest absolute Gasteiger partial charge is 0.116 e. The van der Waals surface area contributed by atoms with E-state index in [-0.39, 0.29) is 0 Å². The number of nitrogens with zero attached hydrogens (tertiary/aromatic N) is 15. The standard InChI is InChI=1S/C66H61N15S5/c1-6-19-82-42-24-57(47-15-11-13-17-67-47)77-59(26-42)49-34-51(71-38-69-49)61-28-44(84-21-8-3)30-63(79-61)53-36-55(75-40-73-53)65-32-46(86-23-10-5)33-66(81-65)56-37-54(74-41-76-56)64-31-45(85-22-9-4)29-62(80-64)52-35-50(70-39-72-52)60-27-43(83-20-7-2)25-58(78-60)48-16-12-14-18-68-48/h11-18,24-41H,6-10,19-23H2,1-5H3. The van der Waals surface area contributed by atoms with Gasteiger partial charge in [0.1, 0.15) is 25.3 Å². The van der Waals surface area contributed by atoms with Crippen molar-refractivity contribution in [2.75, 3.05) is 28.8 Å². The average molecular weight is 1220 g/mol. The fourth-order valence-electron chi connectivity index (χ4n) is 8.93. The van der Waals surface area contributed by atoms with Gasteiger partial charge in [-0.15, -0.1) is 58.8 Å². The quantitative estimate of drug-likeness (QED) is 0.0490. The minimum absolute atomic E-state index is 0.644. The molecule has 430 valence electrons. The maximum absolute atomic E-state index is 5.27. The first-order chi connectivity index (χ1) is 42.3. The molecule has 11 aromatic rings. The zero-order chi connectivity index (χ0) is 59.0. The number of pyridine rings is 7. The van der Waals surface area contributed by atoms with Crippen molar-refractivity contribution in [1.82, 2.24) is 74.8 Å². The van der Waals surface area contributed by atoms with Crippen LogP contribution >= 0.6 is 58.8 Å². The van der Waals surface area contributed by atoms with Crippen LogP contribution in [0.3, 0.4) is 0 Å². The lowest BCUT2D eigenvalue weighted by Gasteiger charge is -2.12. The molecule has 11 heterocycles. The van der Waals surface area contributed by atoms with Crippen LogP contribution in [0.2, 0.25) is 0 Å². The molecule has 0 atom stereocenters. The molecule has 0 aliphatic heterocycles. The van der Waals surface area contributed by atoms with Crippen molar-refractivity contribution in [2.45, 2.75) is 91.2 Å². The molecule has 0 bridgehead atoms. The van der Waals surface area contributed by atoms with Gasteiger partial charge in [0.15, 0.2) is 0 Å². The van der Waals surface area contributed by atoms with E-state index < -0.39 is 0 Å². The van der Waals surface area contributed by atoms with Crippen LogP contribution in [-0.4, -0.2) is 104 Å². The molecule has 0 N–H and O–H groups in total. The van der Waals surface area contributed by atoms with E-state index in [0.29, 0.717) is 79.7 Å². The minimum atomic E-state index is 0.644. The molecular weight excluding hydrogens is 1160 g/mol. The van der Waals surface area contributed by atoms with Gasteiger partial charge in [0.2, 0.25) is 0 Å². The summed E-state index contributed by atoms with van der Waals surface area (Å²) in [5.41, 5.74) is 14.0. The SMILES string of the molecule is CCCSc1cc(-c2ccccn2)nc(-c2cc(-c3cc(SCCC)cc(-c4cc(-c5cc(SCCC)cc(-c6cc(-c7cc(SCCC)cc(-c8cc(-c9cc(SCCC)cc(-c%10ccccn%10)n9)ncn8)n7)ncn6)n5)ncn4)n3)ncn2)c1. The highest BCUT2D eigenvalue weighted by atomic mass is 32.2. The van der Waals surface area contributed by atoms with E-state index in [1.165, 1.54) is 0 Å². The number of thioether (sulfide) groups is 5. The van der Waals surface area contributed by atoms with Gasteiger partial charge in [-0.05, 0) is 170 Å². The van der Waals surface area contributed by atoms with Gasteiger partial charge in [0.25, 0.3) is 0 Å². The highest BCUT2D eigenvalue weighted by Crippen LogP contribution is 2.37. The van der Waals surface area contributed by atoms with Crippen molar-refractivity contribution in [3.05, 3.63) is 159 Å². The Kier molecular flexibility index (Phi) is 20.5. The molecule has 11 rings (SSSR count). The Hall–Kier alpha value is -7.88. The number of rotatable bonds is 25. The third-order valence-corrected chi connectivity index (χ3v) is 18.9. The van der Waals surface area contributed by atoms with Gasteiger partial charge in [-0.1, -0.05) is 46.8 Å². The van der Waals surface area contributed by atoms with E-state index >= 15 is 0 Å². The summed E-state index contributed by atoms with van der Waals surface area (Å²) in [7, 11) is 0. The molecule has 0 saturated carbocycles. The van der Waals surface area contributed by atoms with Crippen LogP contribution in [0, 0.1) is 0 Å². The third-order valence-electron chi connectivity index (χ3n) is 13.0. The monoisotopic (exact) mass is 1220 g/mol. The first-order valence-corrected chi connectivity index (χ1v) is 33.6. The molecule has 15 nitrogen and oxygen atoms in total. The normalized spacial score (nSPS) is 11.3. The summed E-state index contributed by atoms with van der Waals surface area (Å²) in [5, 5.41) is 0. The Morgan fingerprint density at radius 2 is 0.419 bits per heavy atom. The van der Waals surface area contributed by atoms with Gasteiger partial charge < -0.3 is 0 Å². The summed E-state index contributed by atoms with van der Waals surface area (Å²) >= 11 is 8.89. The van der Waals surface area contributed by atoms with Gasteiger partial charge in [-0.25, -0.2) is 64.8 Å². The molecule has 0 spiro atoms. The van der Waals surface area contributed by atoms with Gasteiger partial charge in [0.05, 0.1) is 114 Å². The molecule has 11 aromatic heterocycles. The van der Waals surface area contributed by atoms with E-state index in [1.54, 1.807) is 96.5 Å². The van der Waals surface area contributed by atoms with E-state index in [2.05, 4.69) is 105 Å². The van der Waals surface area contributed by atoms with Gasteiger partial charge in [-0.3, -0.25) is 9.97 Å². The van der Waals surface area contributed by atoms with Crippen molar-refractivity contribution < 1.29 is 0 Å². The van der Waals surface area contributed by atoms with Crippen LogP contribution in [0.15, 0.2) is 184 Å². The van der Waals surface area contributed by atoms with Gasteiger partial charge in [0, 0.05) is 36.9 Å². The molecule has 20 heteroatoms. The second-order valence-corrected chi connectivity index (χ2v) is 25.5. The molecule has 0 fully saturated rings. The van der Waals surface area contributed by atoms with E-state index in [9.17, 15) is 0 Å². The minimum Gasteiger partial charge on any atom is -0.255 e. The number of hydrogen-bond donors (Lipinski definition) is 0. The maximum Gasteiger partial charge on any atom is 0.116 e. The van der Waals surface area contributed by atoms with Gasteiger partial charge in [-0.2, -0.15) is 0 Å². The lowest BCUT2D eigenvalue weighted by atomic mass is 10.1. The summed E-state index contributed by atoms with van der Waals surface area (Å²) in [5.74, 6) is 4.74. The lowest BCUT2D eigenvalue weighted by Crippen LogP contribution is -1.99. The first-order valence-electron chi connectivity index (χ1n) is 28.7. The second kappa shape index (κ2) is 29.5. The van der Waals surface area contributed by atoms with Gasteiger partial charge >= 0.3 is 0 Å². The predicted molar refractivity (Wildman–Crippen MR) is 353 cm³/mol. The molecule has 86 heavy (non-hydrogen) atoms. The Morgan fingerprint density at radius 3 is 0.593 bits per heavy atom. The number of aromatic nitrogens is 15. The molecule has 0 saturated heterocycles. The van der Waals surface area contributed by atoms with Crippen molar-refractivity contribution in [2.24, 2.45) is 0 Å². The van der Waals surface area contributed by atoms with Crippen LogP contribution < -0.4 is 0 Å². The van der Waals surface area contributed by atoms with E-state index in [1.807, 2.05) is 60.7 Å². The summed E-state index contributed by atoms with van der Waals surface area (Å²) in [4.78, 5) is 78.8. The van der Waals surface area contributed by atoms with Crippen LogP contribution in [0.25, 0.3) is 114 Å². The van der Waals surface area contributed by atoms with Crippen LogP contribution in [0.1, 0.15) is 66.7 Å². The topological polar surface area (TPSA) is 193 Å². The fourth-order valence-corrected chi connectivity index (χ4v) is 13.1. The number of hydrogen-bond acceptors (Lipinski definition) is 20. The third kappa shape index (κ3) is 15.2. The van der Waals surface area contributed by atoms with Crippen molar-refractivity contribution in [3.8, 4) is 114 Å². The zero-order valence-corrected chi connectivity index (χ0v) is 52.4. The van der Waals surface area contributed by atoms with Crippen molar-refractivity contribution in [3.63, 3.8) is 0 Å². The molecular formula is C66H61N15S5. The van der Waals surface area contributed by atoms with Crippen LogP contribution in [0.4, 0.5) is 0 Å². The van der Waals surface area contributed by atoms with E-state index in [0.717, 1.165) is 120 Å². The molecule has 0 unspecified atom stereocenters. The highest BCUT2D eigenvalue weighted by molar-refractivity contribution is 8.00. The Labute approximate surface area is 522 Å². The van der Waals surface area contributed by atoms with Crippen molar-refractivity contribution in [1.29, 1.82) is 0 Å². The summed E-state index contributed by atoms with van der Waals surface area (Å²) in [6, 6.07) is 40.5. The fraction of sp³-hybridized carbons (Fsp3) is 0.227. The Morgan fingerprint density at radius 1 is 0.221 bits per heavy atom. The Balaban J connectivity index is 0.929. The lowest BCUT2D eigenvalue weighted by molar-refractivity contribution is 1.09. The van der Waals surface area contributed by atoms with Crippen LogP contribution in [0.5, 0.6) is 0 Å². The van der Waals surface area contributed by atoms with E-state index in [4.69, 9.17) is 64.8 Å². The summed E-state index contributed by atoms with van der Waals surface area (Å²) in [6.07, 6.45) is 15.0. The second-order valence-electron chi connectivity index (χ2n) is 19.7. The summed E-state index contributed by atoms with van der Waals surface area (Å²) in [6.45, 7) is 10.9. The average Bonchev–Trinajstić information content (AvgIpc) is 3.72. The highest BCUT2D eigenvalue weighted by Gasteiger charge is 2.19. The molecule has 0 aliphatic carbocycles. The molecule has 0 aromatic carbocycles. The Bertz CT molecular complexity index is 3850. The molecule has 0 aliphatic rings.